The minimum absolute atomic E-state index is 0.0400. The lowest BCUT2D eigenvalue weighted by Gasteiger charge is -2.12. The van der Waals surface area contributed by atoms with Crippen molar-refractivity contribution in [1.29, 1.82) is 0 Å². The summed E-state index contributed by atoms with van der Waals surface area (Å²) in [5, 5.41) is 12.3. The van der Waals surface area contributed by atoms with E-state index >= 15 is 0 Å². The molecule has 1 amide bonds. The topological polar surface area (TPSA) is 86.9 Å². The van der Waals surface area contributed by atoms with Crippen LogP contribution in [-0.4, -0.2) is 37.6 Å². The van der Waals surface area contributed by atoms with Crippen molar-refractivity contribution in [2.75, 3.05) is 12.4 Å². The number of nitrogens with one attached hydrogen (secondary N) is 1. The van der Waals surface area contributed by atoms with E-state index < -0.39 is 0 Å². The molecule has 8 nitrogen and oxygen atoms in total. The summed E-state index contributed by atoms with van der Waals surface area (Å²) in [6.07, 6.45) is 5.11. The van der Waals surface area contributed by atoms with E-state index in [2.05, 4.69) is 20.6 Å². The number of fused-ring (bicyclic) bond motifs is 1. The Labute approximate surface area is 200 Å². The second-order valence-electron chi connectivity index (χ2n) is 7.82. The molecule has 0 bridgehead atoms. The van der Waals surface area contributed by atoms with E-state index in [1.165, 1.54) is 0 Å². The van der Waals surface area contributed by atoms with Gasteiger partial charge in [-0.1, -0.05) is 34.5 Å². The number of anilines is 1. The first kappa shape index (κ1) is 21.5. The molecule has 2 aromatic heterocycles. The predicted octanol–water partition coefficient (Wildman–Crippen LogP) is 4.88. The summed E-state index contributed by atoms with van der Waals surface area (Å²) in [5.41, 5.74) is 4.40. The van der Waals surface area contributed by atoms with Gasteiger partial charge in [-0.2, -0.15) is 0 Å². The lowest BCUT2D eigenvalue weighted by Crippen LogP contribution is -2.14. The monoisotopic (exact) mass is 482 g/mol. The van der Waals surface area contributed by atoms with Crippen LogP contribution in [0.3, 0.4) is 0 Å². The third-order valence-electron chi connectivity index (χ3n) is 5.71. The molecule has 168 valence electrons. The van der Waals surface area contributed by atoms with Gasteiger partial charge in [0.1, 0.15) is 5.75 Å². The molecule has 33 heavy (non-hydrogen) atoms. The summed E-state index contributed by atoms with van der Waals surface area (Å²) in [6, 6.07) is 10.9. The zero-order valence-electron chi connectivity index (χ0n) is 17.9. The minimum Gasteiger partial charge on any atom is -0.494 e. The van der Waals surface area contributed by atoms with Gasteiger partial charge in [-0.3, -0.25) is 4.79 Å². The van der Waals surface area contributed by atoms with E-state index in [9.17, 15) is 4.79 Å². The van der Waals surface area contributed by atoms with E-state index in [-0.39, 0.29) is 11.9 Å². The standard InChI is InChI=1S/C23H20Cl2N6O2/c1-13-11-30(12-26-13)19-6-4-15(10-21(19)33-2)27-23(32)22-20-8-7-18(31(20)29-28-22)14-3-5-16(24)17(25)9-14/h3-6,9-12,18H,7-8H2,1-2H3,(H,27,32). The van der Waals surface area contributed by atoms with Gasteiger partial charge in [0, 0.05) is 18.0 Å². The van der Waals surface area contributed by atoms with Crippen molar-refractivity contribution in [3.63, 3.8) is 0 Å². The first-order chi connectivity index (χ1) is 15.9. The molecule has 2 aromatic carbocycles. The van der Waals surface area contributed by atoms with E-state index in [1.54, 1.807) is 30.3 Å². The fraction of sp³-hybridized carbons (Fsp3) is 0.217. The number of methoxy groups -OCH3 is 1. The number of halogens is 2. The molecule has 0 saturated carbocycles. The first-order valence-corrected chi connectivity index (χ1v) is 11.1. The van der Waals surface area contributed by atoms with Crippen LogP contribution in [0.2, 0.25) is 10.0 Å². The SMILES string of the molecule is COc1cc(NC(=O)c2nnn3c2CCC3c2ccc(Cl)c(Cl)c2)ccc1-n1cnc(C)c1. The van der Waals surface area contributed by atoms with Crippen LogP contribution in [-0.2, 0) is 6.42 Å². The Balaban J connectivity index is 1.38. The summed E-state index contributed by atoms with van der Waals surface area (Å²) < 4.78 is 9.19. The highest BCUT2D eigenvalue weighted by Crippen LogP contribution is 2.35. The van der Waals surface area contributed by atoms with Crippen LogP contribution >= 0.6 is 23.2 Å². The molecule has 1 aliphatic heterocycles. The fourth-order valence-electron chi connectivity index (χ4n) is 4.11. The largest absolute Gasteiger partial charge is 0.494 e. The summed E-state index contributed by atoms with van der Waals surface area (Å²) in [5.74, 6) is 0.289. The number of hydrogen-bond donors (Lipinski definition) is 1. The molecule has 0 spiro atoms. The van der Waals surface area contributed by atoms with Crippen LogP contribution in [0, 0.1) is 6.92 Å². The van der Waals surface area contributed by atoms with Crippen molar-refractivity contribution in [2.24, 2.45) is 0 Å². The van der Waals surface area contributed by atoms with Crippen molar-refractivity contribution < 1.29 is 9.53 Å². The average molecular weight is 483 g/mol. The van der Waals surface area contributed by atoms with Crippen LogP contribution in [0.25, 0.3) is 5.69 Å². The van der Waals surface area contributed by atoms with Gasteiger partial charge < -0.3 is 14.6 Å². The van der Waals surface area contributed by atoms with Crippen LogP contribution < -0.4 is 10.1 Å². The van der Waals surface area contributed by atoms with Crippen molar-refractivity contribution in [3.8, 4) is 11.4 Å². The zero-order valence-corrected chi connectivity index (χ0v) is 19.4. The first-order valence-electron chi connectivity index (χ1n) is 10.3. The number of nitrogens with zero attached hydrogens (tertiary/aromatic N) is 5. The van der Waals surface area contributed by atoms with Crippen LogP contribution in [0.15, 0.2) is 48.9 Å². The van der Waals surface area contributed by atoms with Crippen LogP contribution in [0.4, 0.5) is 5.69 Å². The van der Waals surface area contributed by atoms with E-state index in [0.717, 1.165) is 29.1 Å². The van der Waals surface area contributed by atoms with Crippen molar-refractivity contribution in [1.82, 2.24) is 24.5 Å². The molecule has 1 atom stereocenters. The van der Waals surface area contributed by atoms with Crippen molar-refractivity contribution >= 4 is 34.8 Å². The number of ether oxygens (including phenoxy) is 1. The lowest BCUT2D eigenvalue weighted by molar-refractivity contribution is 0.102. The Morgan fingerprint density at radius 2 is 2.03 bits per heavy atom. The Morgan fingerprint density at radius 3 is 2.76 bits per heavy atom. The highest BCUT2D eigenvalue weighted by Gasteiger charge is 2.31. The number of benzene rings is 2. The van der Waals surface area contributed by atoms with E-state index in [0.29, 0.717) is 33.6 Å². The van der Waals surface area contributed by atoms with Gasteiger partial charge in [-0.05, 0) is 49.6 Å². The molecule has 5 rings (SSSR count). The zero-order chi connectivity index (χ0) is 23.1. The lowest BCUT2D eigenvalue weighted by atomic mass is 10.0. The fourth-order valence-corrected chi connectivity index (χ4v) is 4.41. The minimum atomic E-state index is -0.320. The number of carbonyl (C=O) groups excluding carboxylic acids is 1. The molecule has 0 aliphatic carbocycles. The maximum atomic E-state index is 13.0. The van der Waals surface area contributed by atoms with E-state index in [4.69, 9.17) is 27.9 Å². The second kappa shape index (κ2) is 8.53. The molecule has 1 aliphatic rings. The summed E-state index contributed by atoms with van der Waals surface area (Å²) in [6.45, 7) is 1.92. The molecular weight excluding hydrogens is 463 g/mol. The summed E-state index contributed by atoms with van der Waals surface area (Å²) >= 11 is 12.2. The van der Waals surface area contributed by atoms with Gasteiger partial charge in [-0.15, -0.1) is 5.10 Å². The van der Waals surface area contributed by atoms with Gasteiger partial charge >= 0.3 is 0 Å². The number of imidazole rings is 1. The number of aryl methyl sites for hydroxylation is 1. The number of amides is 1. The molecule has 3 heterocycles. The second-order valence-corrected chi connectivity index (χ2v) is 8.63. The highest BCUT2D eigenvalue weighted by molar-refractivity contribution is 6.42. The number of rotatable bonds is 5. The summed E-state index contributed by atoms with van der Waals surface area (Å²) in [4.78, 5) is 17.3. The molecule has 4 aromatic rings. The predicted molar refractivity (Wildman–Crippen MR) is 126 cm³/mol. The molecular formula is C23H20Cl2N6O2. The Kier molecular flexibility index (Phi) is 5.55. The smallest absolute Gasteiger partial charge is 0.278 e. The van der Waals surface area contributed by atoms with Gasteiger partial charge in [0.2, 0.25) is 0 Å². The normalized spacial score (nSPS) is 14.8. The Morgan fingerprint density at radius 1 is 1.18 bits per heavy atom. The Hall–Kier alpha value is -3.36. The van der Waals surface area contributed by atoms with Crippen molar-refractivity contribution in [3.05, 3.63) is 81.6 Å². The van der Waals surface area contributed by atoms with Gasteiger partial charge in [0.05, 0.1) is 46.6 Å². The molecule has 0 radical (unpaired) electrons. The van der Waals surface area contributed by atoms with Crippen molar-refractivity contribution in [2.45, 2.75) is 25.8 Å². The maximum absolute atomic E-state index is 13.0. The number of carbonyl (C=O) groups is 1. The van der Waals surface area contributed by atoms with Crippen LogP contribution in [0.1, 0.15) is 39.9 Å². The average Bonchev–Trinajstić information content (AvgIpc) is 3.52. The third-order valence-corrected chi connectivity index (χ3v) is 6.45. The maximum Gasteiger partial charge on any atom is 0.278 e. The quantitative estimate of drug-likeness (QED) is 0.438. The Bertz CT molecular complexity index is 1360. The van der Waals surface area contributed by atoms with Gasteiger partial charge in [0.15, 0.2) is 5.69 Å². The number of hydrogen-bond acceptors (Lipinski definition) is 5. The molecule has 1 N–H and O–H groups in total. The summed E-state index contributed by atoms with van der Waals surface area (Å²) in [7, 11) is 1.59. The van der Waals surface area contributed by atoms with Gasteiger partial charge in [0.25, 0.3) is 5.91 Å². The molecule has 0 saturated heterocycles. The molecule has 0 fully saturated rings. The van der Waals surface area contributed by atoms with E-state index in [1.807, 2.05) is 42.0 Å². The van der Waals surface area contributed by atoms with Crippen LogP contribution in [0.5, 0.6) is 5.75 Å². The number of aromatic nitrogens is 5. The molecule has 10 heteroatoms. The third kappa shape index (κ3) is 3.96. The molecule has 1 unspecified atom stereocenters. The van der Waals surface area contributed by atoms with Gasteiger partial charge in [-0.25, -0.2) is 9.67 Å². The highest BCUT2D eigenvalue weighted by atomic mass is 35.5.